The summed E-state index contributed by atoms with van der Waals surface area (Å²) >= 11 is 0. The lowest BCUT2D eigenvalue weighted by atomic mass is 10.1. The number of hydrogen-bond acceptors (Lipinski definition) is 4. The standard InChI is InChI=1S/C19H16O4/c1-12-8-15(22-11-14-6-4-3-5-7-14)9-18-16(12)10-17(13(2)20)19(21)23-18/h3-10H,11H2,1-2H3. The molecule has 0 saturated heterocycles. The van der Waals surface area contributed by atoms with Gasteiger partial charge in [-0.05, 0) is 37.1 Å². The van der Waals surface area contributed by atoms with Gasteiger partial charge in [0.25, 0.3) is 0 Å². The molecule has 1 aromatic heterocycles. The molecule has 4 heteroatoms. The molecule has 0 aliphatic heterocycles. The molecule has 1 heterocycles. The highest BCUT2D eigenvalue weighted by Crippen LogP contribution is 2.25. The fourth-order valence-electron chi connectivity index (χ4n) is 2.43. The zero-order valence-electron chi connectivity index (χ0n) is 13.0. The van der Waals surface area contributed by atoms with E-state index in [1.54, 1.807) is 12.1 Å². The molecule has 0 unspecified atom stereocenters. The van der Waals surface area contributed by atoms with Gasteiger partial charge in [-0.2, -0.15) is 0 Å². The van der Waals surface area contributed by atoms with Crippen LogP contribution >= 0.6 is 0 Å². The molecule has 0 spiro atoms. The molecule has 0 amide bonds. The minimum atomic E-state index is -0.621. The second kappa shape index (κ2) is 6.08. The van der Waals surface area contributed by atoms with Gasteiger partial charge < -0.3 is 9.15 Å². The van der Waals surface area contributed by atoms with Gasteiger partial charge in [0.1, 0.15) is 23.5 Å². The van der Waals surface area contributed by atoms with Crippen LogP contribution in [-0.4, -0.2) is 5.78 Å². The van der Waals surface area contributed by atoms with E-state index in [9.17, 15) is 9.59 Å². The first-order valence-corrected chi connectivity index (χ1v) is 7.31. The fourth-order valence-corrected chi connectivity index (χ4v) is 2.43. The van der Waals surface area contributed by atoms with Crippen LogP contribution < -0.4 is 10.4 Å². The van der Waals surface area contributed by atoms with E-state index in [2.05, 4.69) is 0 Å². The van der Waals surface area contributed by atoms with E-state index in [0.717, 1.165) is 16.5 Å². The Morgan fingerprint density at radius 3 is 2.57 bits per heavy atom. The van der Waals surface area contributed by atoms with Crippen molar-refractivity contribution in [3.05, 3.63) is 75.6 Å². The lowest BCUT2D eigenvalue weighted by Crippen LogP contribution is -2.11. The first kappa shape index (κ1) is 15.0. The molecule has 0 radical (unpaired) electrons. The van der Waals surface area contributed by atoms with Crippen molar-refractivity contribution >= 4 is 16.8 Å². The summed E-state index contributed by atoms with van der Waals surface area (Å²) in [5.41, 5.74) is 1.81. The quantitative estimate of drug-likeness (QED) is 0.542. The van der Waals surface area contributed by atoms with Crippen molar-refractivity contribution in [1.82, 2.24) is 0 Å². The number of carbonyl (C=O) groups excluding carboxylic acids is 1. The summed E-state index contributed by atoms with van der Waals surface area (Å²) in [5, 5.41) is 0.738. The third-order valence-electron chi connectivity index (χ3n) is 3.66. The Morgan fingerprint density at radius 2 is 1.87 bits per heavy atom. The van der Waals surface area contributed by atoms with Crippen LogP contribution in [0.1, 0.15) is 28.4 Å². The number of ether oxygens (including phenoxy) is 1. The molecule has 0 fully saturated rings. The highest BCUT2D eigenvalue weighted by atomic mass is 16.5. The lowest BCUT2D eigenvalue weighted by Gasteiger charge is -2.09. The van der Waals surface area contributed by atoms with Crippen LogP contribution in [-0.2, 0) is 6.61 Å². The molecule has 0 aliphatic carbocycles. The third kappa shape index (κ3) is 3.16. The molecule has 0 N–H and O–H groups in total. The molecule has 4 nitrogen and oxygen atoms in total. The number of hydrogen-bond donors (Lipinski definition) is 0. The van der Waals surface area contributed by atoms with Gasteiger partial charge in [0.15, 0.2) is 5.78 Å². The topological polar surface area (TPSA) is 56.5 Å². The fraction of sp³-hybridized carbons (Fsp3) is 0.158. The number of fused-ring (bicyclic) bond motifs is 1. The molecule has 0 atom stereocenters. The van der Waals surface area contributed by atoms with E-state index in [1.165, 1.54) is 6.92 Å². The van der Waals surface area contributed by atoms with Crippen LogP contribution in [0.15, 0.2) is 57.7 Å². The van der Waals surface area contributed by atoms with E-state index in [0.29, 0.717) is 17.9 Å². The molecular weight excluding hydrogens is 292 g/mol. The predicted molar refractivity (Wildman–Crippen MR) is 88.0 cm³/mol. The van der Waals surface area contributed by atoms with Crippen LogP contribution in [0.25, 0.3) is 11.0 Å². The summed E-state index contributed by atoms with van der Waals surface area (Å²) in [5.74, 6) is 0.321. The lowest BCUT2D eigenvalue weighted by molar-refractivity contribution is 0.101. The molecule has 23 heavy (non-hydrogen) atoms. The smallest absolute Gasteiger partial charge is 0.347 e. The van der Waals surface area contributed by atoms with Crippen LogP contribution in [0, 0.1) is 6.92 Å². The van der Waals surface area contributed by atoms with E-state index in [-0.39, 0.29) is 11.3 Å². The van der Waals surface area contributed by atoms with E-state index >= 15 is 0 Å². The van der Waals surface area contributed by atoms with Gasteiger partial charge >= 0.3 is 5.63 Å². The largest absolute Gasteiger partial charge is 0.489 e. The van der Waals surface area contributed by atoms with Gasteiger partial charge in [-0.15, -0.1) is 0 Å². The summed E-state index contributed by atoms with van der Waals surface area (Å²) in [4.78, 5) is 23.3. The number of benzene rings is 2. The number of Topliss-reactive ketones (excluding diaryl/α,β-unsaturated/α-hetero) is 1. The molecule has 3 aromatic rings. The van der Waals surface area contributed by atoms with Crippen LogP contribution in [0.5, 0.6) is 5.75 Å². The Labute approximate surface area is 133 Å². The molecule has 0 saturated carbocycles. The first-order valence-electron chi connectivity index (χ1n) is 7.31. The van der Waals surface area contributed by atoms with Crippen LogP contribution in [0.4, 0.5) is 0 Å². The van der Waals surface area contributed by atoms with Gasteiger partial charge in [-0.3, -0.25) is 4.79 Å². The van der Waals surface area contributed by atoms with Crippen molar-refractivity contribution in [1.29, 1.82) is 0 Å². The van der Waals surface area contributed by atoms with E-state index in [1.807, 2.05) is 43.3 Å². The minimum absolute atomic E-state index is 0.0681. The molecule has 3 rings (SSSR count). The van der Waals surface area contributed by atoms with E-state index < -0.39 is 5.63 Å². The molecule has 0 bridgehead atoms. The van der Waals surface area contributed by atoms with Crippen LogP contribution in [0.2, 0.25) is 0 Å². The van der Waals surface area contributed by atoms with Crippen LogP contribution in [0.3, 0.4) is 0 Å². The maximum Gasteiger partial charge on any atom is 0.347 e. The van der Waals surface area contributed by atoms with Crippen molar-refractivity contribution in [3.63, 3.8) is 0 Å². The van der Waals surface area contributed by atoms with Gasteiger partial charge in [0.2, 0.25) is 0 Å². The summed E-state index contributed by atoms with van der Waals surface area (Å²) in [6.45, 7) is 3.67. The van der Waals surface area contributed by atoms with Gasteiger partial charge in [-0.1, -0.05) is 30.3 Å². The van der Waals surface area contributed by atoms with Crippen molar-refractivity contribution in [2.75, 3.05) is 0 Å². The maximum absolute atomic E-state index is 11.8. The first-order chi connectivity index (χ1) is 11.0. The molecule has 116 valence electrons. The third-order valence-corrected chi connectivity index (χ3v) is 3.66. The number of ketones is 1. The van der Waals surface area contributed by atoms with Crippen molar-refractivity contribution in [2.45, 2.75) is 20.5 Å². The highest BCUT2D eigenvalue weighted by molar-refractivity contribution is 5.97. The Bertz CT molecular complexity index is 923. The average Bonchev–Trinajstić information content (AvgIpc) is 2.53. The van der Waals surface area contributed by atoms with Gasteiger partial charge in [-0.25, -0.2) is 4.79 Å². The molecule has 0 aliphatic rings. The Balaban J connectivity index is 1.96. The maximum atomic E-state index is 11.8. The zero-order valence-corrected chi connectivity index (χ0v) is 13.0. The second-order valence-corrected chi connectivity index (χ2v) is 5.43. The molecular formula is C19H16O4. The van der Waals surface area contributed by atoms with Gasteiger partial charge in [0, 0.05) is 11.5 Å². The SMILES string of the molecule is CC(=O)c1cc2c(C)cc(OCc3ccccc3)cc2oc1=O. The van der Waals surface area contributed by atoms with E-state index in [4.69, 9.17) is 9.15 Å². The molecule has 2 aromatic carbocycles. The Hall–Kier alpha value is -2.88. The van der Waals surface area contributed by atoms with Crippen molar-refractivity contribution in [3.8, 4) is 5.75 Å². The minimum Gasteiger partial charge on any atom is -0.489 e. The average molecular weight is 308 g/mol. The van der Waals surface area contributed by atoms with Gasteiger partial charge in [0.05, 0.1) is 0 Å². The summed E-state index contributed by atoms with van der Waals surface area (Å²) in [7, 11) is 0. The predicted octanol–water partition coefficient (Wildman–Crippen LogP) is 3.88. The number of rotatable bonds is 4. The zero-order chi connectivity index (χ0) is 16.4. The number of carbonyl (C=O) groups is 1. The number of aryl methyl sites for hydroxylation is 1. The van der Waals surface area contributed by atoms with Crippen molar-refractivity contribution < 1.29 is 13.9 Å². The summed E-state index contributed by atoms with van der Waals surface area (Å²) in [6, 6.07) is 14.9. The Kier molecular flexibility index (Phi) is 3.98. The van der Waals surface area contributed by atoms with Crippen molar-refractivity contribution in [2.24, 2.45) is 0 Å². The summed E-state index contributed by atoms with van der Waals surface area (Å²) in [6.07, 6.45) is 0. The summed E-state index contributed by atoms with van der Waals surface area (Å²) < 4.78 is 11.0. The monoisotopic (exact) mass is 308 g/mol. The Morgan fingerprint density at radius 1 is 1.13 bits per heavy atom. The second-order valence-electron chi connectivity index (χ2n) is 5.43. The highest BCUT2D eigenvalue weighted by Gasteiger charge is 2.12. The normalized spacial score (nSPS) is 10.7.